The first-order valence-corrected chi connectivity index (χ1v) is 8.60. The maximum atomic E-state index is 12.2. The lowest BCUT2D eigenvalue weighted by Gasteiger charge is -2.13. The van der Waals surface area contributed by atoms with Crippen molar-refractivity contribution in [3.63, 3.8) is 0 Å². The molecular weight excluding hydrogens is 366 g/mol. The molecule has 7 nitrogen and oxygen atoms in total. The summed E-state index contributed by atoms with van der Waals surface area (Å²) in [4.78, 5) is 23.8. The lowest BCUT2D eigenvalue weighted by molar-refractivity contribution is -0.114. The number of anilines is 2. The molecule has 0 saturated carbocycles. The predicted molar refractivity (Wildman–Crippen MR) is 106 cm³/mol. The Morgan fingerprint density at radius 3 is 2.59 bits per heavy atom. The summed E-state index contributed by atoms with van der Waals surface area (Å²) in [6.45, 7) is 0.0474. The molecule has 0 unspecified atom stereocenters. The van der Waals surface area contributed by atoms with Gasteiger partial charge in [-0.2, -0.15) is 5.10 Å². The zero-order valence-electron chi connectivity index (χ0n) is 14.6. The second kappa shape index (κ2) is 8.37. The van der Waals surface area contributed by atoms with Crippen LogP contribution in [0.3, 0.4) is 0 Å². The summed E-state index contributed by atoms with van der Waals surface area (Å²) in [5.41, 5.74) is 2.60. The minimum atomic E-state index is -0.228. The molecule has 0 atom stereocenters. The first-order valence-electron chi connectivity index (χ1n) is 8.22. The fraction of sp³-hybridized carbons (Fsp3) is 0.105. The molecule has 8 heteroatoms. The lowest BCUT2D eigenvalue weighted by Crippen LogP contribution is -2.22. The number of halogens is 1. The Kier molecular flexibility index (Phi) is 5.73. The van der Waals surface area contributed by atoms with E-state index in [1.165, 1.54) is 0 Å². The second-order valence-electron chi connectivity index (χ2n) is 5.67. The van der Waals surface area contributed by atoms with E-state index in [1.54, 1.807) is 54.3 Å². The molecule has 3 rings (SSSR count). The molecule has 0 bridgehead atoms. The van der Waals surface area contributed by atoms with E-state index in [2.05, 4.69) is 21.0 Å². The predicted octanol–water partition coefficient (Wildman–Crippen LogP) is 2.94. The molecule has 0 aliphatic heterocycles. The van der Waals surface area contributed by atoms with Crippen molar-refractivity contribution in [1.82, 2.24) is 15.1 Å². The van der Waals surface area contributed by atoms with Crippen LogP contribution < -0.4 is 16.0 Å². The van der Waals surface area contributed by atoms with E-state index in [0.29, 0.717) is 22.0 Å². The first kappa shape index (κ1) is 18.5. The van der Waals surface area contributed by atoms with Crippen LogP contribution in [0.15, 0.2) is 60.9 Å². The van der Waals surface area contributed by atoms with Crippen LogP contribution in [0.5, 0.6) is 0 Å². The fourth-order valence-electron chi connectivity index (χ4n) is 2.49. The highest BCUT2D eigenvalue weighted by molar-refractivity contribution is 6.31. The Morgan fingerprint density at radius 2 is 1.93 bits per heavy atom. The number of rotatable bonds is 6. The van der Waals surface area contributed by atoms with Crippen molar-refractivity contribution in [3.8, 4) is 5.69 Å². The van der Waals surface area contributed by atoms with E-state index in [1.807, 2.05) is 18.3 Å². The van der Waals surface area contributed by atoms with Gasteiger partial charge < -0.3 is 16.0 Å². The number of carbonyl (C=O) groups excluding carboxylic acids is 2. The van der Waals surface area contributed by atoms with Gasteiger partial charge in [0, 0.05) is 35.7 Å². The van der Waals surface area contributed by atoms with E-state index in [0.717, 1.165) is 5.69 Å². The average molecular weight is 384 g/mol. The summed E-state index contributed by atoms with van der Waals surface area (Å²) in [5.74, 6) is -0.407. The first-order chi connectivity index (χ1) is 13.1. The smallest absolute Gasteiger partial charge is 0.251 e. The van der Waals surface area contributed by atoms with Gasteiger partial charge in [-0.05, 0) is 48.5 Å². The molecule has 0 saturated heterocycles. The minimum absolute atomic E-state index is 0.0474. The van der Waals surface area contributed by atoms with Crippen molar-refractivity contribution in [2.24, 2.45) is 0 Å². The number of carbonyl (C=O) groups is 2. The Hall–Kier alpha value is -3.32. The minimum Gasteiger partial charge on any atom is -0.374 e. The fourth-order valence-corrected chi connectivity index (χ4v) is 2.66. The van der Waals surface area contributed by atoms with E-state index in [-0.39, 0.29) is 18.4 Å². The average Bonchev–Trinajstić information content (AvgIpc) is 3.21. The van der Waals surface area contributed by atoms with Crippen molar-refractivity contribution >= 4 is 34.8 Å². The zero-order chi connectivity index (χ0) is 19.2. The highest BCUT2D eigenvalue weighted by Gasteiger charge is 2.09. The molecule has 1 heterocycles. The summed E-state index contributed by atoms with van der Waals surface area (Å²) in [6.07, 6.45) is 3.48. The monoisotopic (exact) mass is 383 g/mol. The van der Waals surface area contributed by atoms with E-state index < -0.39 is 0 Å². The van der Waals surface area contributed by atoms with Crippen LogP contribution >= 0.6 is 11.6 Å². The van der Waals surface area contributed by atoms with Gasteiger partial charge in [-0.15, -0.1) is 0 Å². The normalized spacial score (nSPS) is 10.3. The molecule has 2 aromatic carbocycles. The molecule has 1 aromatic heterocycles. The highest BCUT2D eigenvalue weighted by Crippen LogP contribution is 2.24. The number of amides is 2. The standard InChI is InChI=1S/C19H18ClN5O2/c1-21-19(27)13-3-6-15(7-4-13)24-18(26)12-22-16-11-14(20)5-8-17(16)25-10-2-9-23-25/h2-11,22H,12H2,1H3,(H,21,27)(H,24,26). The van der Waals surface area contributed by atoms with E-state index >= 15 is 0 Å². The van der Waals surface area contributed by atoms with Gasteiger partial charge in [-0.1, -0.05) is 11.6 Å². The topological polar surface area (TPSA) is 88.0 Å². The Balaban J connectivity index is 1.64. The van der Waals surface area contributed by atoms with Crippen molar-refractivity contribution in [2.45, 2.75) is 0 Å². The zero-order valence-corrected chi connectivity index (χ0v) is 15.3. The van der Waals surface area contributed by atoms with Crippen molar-refractivity contribution in [2.75, 3.05) is 24.2 Å². The SMILES string of the molecule is CNC(=O)c1ccc(NC(=O)CNc2cc(Cl)ccc2-n2cccn2)cc1. The van der Waals surface area contributed by atoms with Crippen LogP contribution in [-0.2, 0) is 4.79 Å². The van der Waals surface area contributed by atoms with E-state index in [9.17, 15) is 9.59 Å². The van der Waals surface area contributed by atoms with Crippen LogP contribution in [0.25, 0.3) is 5.69 Å². The molecule has 0 radical (unpaired) electrons. The lowest BCUT2D eigenvalue weighted by atomic mass is 10.2. The largest absolute Gasteiger partial charge is 0.374 e. The quantitative estimate of drug-likeness (QED) is 0.610. The molecule has 0 fully saturated rings. The Bertz CT molecular complexity index is 939. The summed E-state index contributed by atoms with van der Waals surface area (Å²) in [7, 11) is 1.57. The number of hydrogen-bond acceptors (Lipinski definition) is 4. The third kappa shape index (κ3) is 4.65. The van der Waals surface area contributed by atoms with Gasteiger partial charge in [-0.3, -0.25) is 9.59 Å². The highest BCUT2D eigenvalue weighted by atomic mass is 35.5. The number of hydrogen-bond donors (Lipinski definition) is 3. The maximum absolute atomic E-state index is 12.2. The van der Waals surface area contributed by atoms with Gasteiger partial charge in [0.15, 0.2) is 0 Å². The van der Waals surface area contributed by atoms with Gasteiger partial charge >= 0.3 is 0 Å². The van der Waals surface area contributed by atoms with Gasteiger partial charge in [0.05, 0.1) is 17.9 Å². The van der Waals surface area contributed by atoms with Crippen LogP contribution in [-0.4, -0.2) is 35.2 Å². The summed E-state index contributed by atoms with van der Waals surface area (Å²) in [5, 5.41) is 13.2. The maximum Gasteiger partial charge on any atom is 0.251 e. The second-order valence-corrected chi connectivity index (χ2v) is 6.11. The Morgan fingerprint density at radius 1 is 1.15 bits per heavy atom. The van der Waals surface area contributed by atoms with Gasteiger partial charge in [0.25, 0.3) is 5.91 Å². The summed E-state index contributed by atoms with van der Waals surface area (Å²) < 4.78 is 1.69. The number of aromatic nitrogens is 2. The van der Waals surface area contributed by atoms with Crippen LogP contribution in [0, 0.1) is 0 Å². The van der Waals surface area contributed by atoms with Gasteiger partial charge in [-0.25, -0.2) is 4.68 Å². The van der Waals surface area contributed by atoms with E-state index in [4.69, 9.17) is 11.6 Å². The van der Waals surface area contributed by atoms with Crippen molar-refractivity contribution < 1.29 is 9.59 Å². The number of nitrogens with zero attached hydrogens (tertiary/aromatic N) is 2. The summed E-state index contributed by atoms with van der Waals surface area (Å²) >= 11 is 6.07. The van der Waals surface area contributed by atoms with Crippen LogP contribution in [0.4, 0.5) is 11.4 Å². The molecular formula is C19H18ClN5O2. The molecule has 27 heavy (non-hydrogen) atoms. The summed E-state index contributed by atoms with van der Waals surface area (Å²) in [6, 6.07) is 13.8. The third-order valence-electron chi connectivity index (χ3n) is 3.81. The van der Waals surface area contributed by atoms with Crippen molar-refractivity contribution in [1.29, 1.82) is 0 Å². The molecule has 3 N–H and O–H groups in total. The van der Waals surface area contributed by atoms with Crippen molar-refractivity contribution in [3.05, 3.63) is 71.5 Å². The molecule has 3 aromatic rings. The Labute approximate surface area is 161 Å². The third-order valence-corrected chi connectivity index (χ3v) is 4.04. The number of benzene rings is 2. The van der Waals surface area contributed by atoms with Crippen LogP contribution in [0.1, 0.15) is 10.4 Å². The molecule has 2 amide bonds. The van der Waals surface area contributed by atoms with Gasteiger partial charge in [0.2, 0.25) is 5.91 Å². The van der Waals surface area contributed by atoms with Gasteiger partial charge in [0.1, 0.15) is 0 Å². The molecule has 0 spiro atoms. The molecule has 0 aliphatic carbocycles. The number of nitrogens with one attached hydrogen (secondary N) is 3. The molecule has 138 valence electrons. The van der Waals surface area contributed by atoms with Crippen LogP contribution in [0.2, 0.25) is 5.02 Å². The molecule has 0 aliphatic rings.